The SMILES string of the molecule is CCOC(=O)COc1cc(-c2ccccc2)nc2ccc(NC(=O)NCc3ccccc3)cc12. The number of amides is 2. The Kier molecular flexibility index (Phi) is 7.35. The summed E-state index contributed by atoms with van der Waals surface area (Å²) in [7, 11) is 0. The third-order valence-electron chi connectivity index (χ3n) is 5.04. The van der Waals surface area contributed by atoms with E-state index in [-0.39, 0.29) is 19.2 Å². The minimum absolute atomic E-state index is 0.226. The average molecular weight is 456 g/mol. The molecule has 0 aliphatic heterocycles. The lowest BCUT2D eigenvalue weighted by atomic mass is 10.1. The average Bonchev–Trinajstić information content (AvgIpc) is 2.87. The van der Waals surface area contributed by atoms with E-state index in [9.17, 15) is 9.59 Å². The second-order valence-electron chi connectivity index (χ2n) is 7.49. The van der Waals surface area contributed by atoms with E-state index in [4.69, 9.17) is 14.5 Å². The van der Waals surface area contributed by atoms with Gasteiger partial charge in [-0.05, 0) is 30.7 Å². The normalized spacial score (nSPS) is 10.5. The lowest BCUT2D eigenvalue weighted by molar-refractivity contribution is -0.145. The summed E-state index contributed by atoms with van der Waals surface area (Å²) in [6.45, 7) is 2.21. The van der Waals surface area contributed by atoms with Crippen LogP contribution in [0.4, 0.5) is 10.5 Å². The number of esters is 1. The van der Waals surface area contributed by atoms with Crippen molar-refractivity contribution < 1.29 is 19.1 Å². The van der Waals surface area contributed by atoms with Gasteiger partial charge in [-0.2, -0.15) is 0 Å². The highest BCUT2D eigenvalue weighted by Gasteiger charge is 2.13. The molecule has 0 atom stereocenters. The van der Waals surface area contributed by atoms with Gasteiger partial charge in [-0.3, -0.25) is 0 Å². The molecule has 7 nitrogen and oxygen atoms in total. The second-order valence-corrected chi connectivity index (χ2v) is 7.49. The van der Waals surface area contributed by atoms with E-state index in [1.54, 1.807) is 25.1 Å². The second kappa shape index (κ2) is 11.0. The molecule has 0 unspecified atom stereocenters. The minimum Gasteiger partial charge on any atom is -0.481 e. The first-order chi connectivity index (χ1) is 16.6. The molecule has 0 saturated carbocycles. The maximum Gasteiger partial charge on any atom is 0.344 e. The van der Waals surface area contributed by atoms with Crippen LogP contribution < -0.4 is 15.4 Å². The minimum atomic E-state index is -0.455. The van der Waals surface area contributed by atoms with Gasteiger partial charge in [0.1, 0.15) is 5.75 Å². The molecule has 34 heavy (non-hydrogen) atoms. The van der Waals surface area contributed by atoms with Gasteiger partial charge >= 0.3 is 12.0 Å². The lowest BCUT2D eigenvalue weighted by Crippen LogP contribution is -2.28. The van der Waals surface area contributed by atoms with E-state index in [1.165, 1.54) is 0 Å². The number of carbonyl (C=O) groups excluding carboxylic acids is 2. The Morgan fingerprint density at radius 1 is 0.912 bits per heavy atom. The summed E-state index contributed by atoms with van der Waals surface area (Å²) in [6.07, 6.45) is 0. The van der Waals surface area contributed by atoms with Crippen LogP contribution in [0.2, 0.25) is 0 Å². The monoisotopic (exact) mass is 455 g/mol. The first-order valence-corrected chi connectivity index (χ1v) is 11.0. The van der Waals surface area contributed by atoms with Gasteiger partial charge in [-0.25, -0.2) is 14.6 Å². The molecular formula is C27H25N3O4. The maximum atomic E-state index is 12.4. The first-order valence-electron chi connectivity index (χ1n) is 11.0. The fourth-order valence-corrected chi connectivity index (χ4v) is 3.44. The van der Waals surface area contributed by atoms with Crippen molar-refractivity contribution in [1.82, 2.24) is 10.3 Å². The molecule has 0 saturated heterocycles. The van der Waals surface area contributed by atoms with Crippen LogP contribution in [-0.2, 0) is 16.1 Å². The van der Waals surface area contributed by atoms with Crippen molar-refractivity contribution >= 4 is 28.6 Å². The zero-order valence-corrected chi connectivity index (χ0v) is 18.8. The molecular weight excluding hydrogens is 430 g/mol. The molecule has 0 radical (unpaired) electrons. The number of urea groups is 1. The van der Waals surface area contributed by atoms with Crippen molar-refractivity contribution in [2.24, 2.45) is 0 Å². The summed E-state index contributed by atoms with van der Waals surface area (Å²) in [5, 5.41) is 6.35. The highest BCUT2D eigenvalue weighted by molar-refractivity contribution is 5.95. The maximum absolute atomic E-state index is 12.4. The Morgan fingerprint density at radius 3 is 2.38 bits per heavy atom. The summed E-state index contributed by atoms with van der Waals surface area (Å²) in [4.78, 5) is 29.0. The number of aromatic nitrogens is 1. The van der Waals surface area contributed by atoms with Crippen LogP contribution >= 0.6 is 0 Å². The fraction of sp³-hybridized carbons (Fsp3) is 0.148. The zero-order chi connectivity index (χ0) is 23.8. The van der Waals surface area contributed by atoms with E-state index in [0.717, 1.165) is 11.1 Å². The van der Waals surface area contributed by atoms with Crippen molar-refractivity contribution in [3.05, 3.63) is 90.5 Å². The first kappa shape index (κ1) is 22.8. The highest BCUT2D eigenvalue weighted by atomic mass is 16.6. The molecule has 0 spiro atoms. The van der Waals surface area contributed by atoms with Crippen molar-refractivity contribution in [2.75, 3.05) is 18.5 Å². The Labute approximate surface area is 197 Å². The number of rotatable bonds is 8. The summed E-state index contributed by atoms with van der Waals surface area (Å²) >= 11 is 0. The fourth-order valence-electron chi connectivity index (χ4n) is 3.44. The molecule has 0 aliphatic carbocycles. The van der Waals surface area contributed by atoms with Gasteiger partial charge in [0.05, 0.1) is 17.8 Å². The van der Waals surface area contributed by atoms with Gasteiger partial charge in [0.2, 0.25) is 0 Å². The summed E-state index contributed by atoms with van der Waals surface area (Å²) in [6, 6.07) is 26.2. The largest absolute Gasteiger partial charge is 0.481 e. The molecule has 2 N–H and O–H groups in total. The Balaban J connectivity index is 1.58. The van der Waals surface area contributed by atoms with Crippen LogP contribution in [0.25, 0.3) is 22.2 Å². The van der Waals surface area contributed by atoms with Crippen LogP contribution in [-0.4, -0.2) is 30.2 Å². The third kappa shape index (κ3) is 5.89. The number of nitrogens with zero attached hydrogens (tertiary/aromatic N) is 1. The molecule has 0 aliphatic rings. The molecule has 3 aromatic carbocycles. The van der Waals surface area contributed by atoms with Crippen molar-refractivity contribution in [3.63, 3.8) is 0 Å². The molecule has 1 aromatic heterocycles. The van der Waals surface area contributed by atoms with E-state index in [2.05, 4.69) is 10.6 Å². The molecule has 4 aromatic rings. The zero-order valence-electron chi connectivity index (χ0n) is 18.8. The molecule has 7 heteroatoms. The predicted molar refractivity (Wildman–Crippen MR) is 132 cm³/mol. The van der Waals surface area contributed by atoms with Gasteiger partial charge in [0.15, 0.2) is 6.61 Å². The smallest absolute Gasteiger partial charge is 0.344 e. The number of benzene rings is 3. The van der Waals surface area contributed by atoms with E-state index >= 15 is 0 Å². The number of pyridine rings is 1. The number of fused-ring (bicyclic) bond motifs is 1. The van der Waals surface area contributed by atoms with Crippen molar-refractivity contribution in [1.29, 1.82) is 0 Å². The van der Waals surface area contributed by atoms with Crippen LogP contribution in [0.5, 0.6) is 5.75 Å². The van der Waals surface area contributed by atoms with Gasteiger partial charge in [0.25, 0.3) is 0 Å². The molecule has 4 rings (SSSR count). The quantitative estimate of drug-likeness (QED) is 0.358. The summed E-state index contributed by atoms with van der Waals surface area (Å²) < 4.78 is 10.8. The Bertz CT molecular complexity index is 1280. The van der Waals surface area contributed by atoms with Crippen LogP contribution in [0.1, 0.15) is 12.5 Å². The van der Waals surface area contributed by atoms with Crippen molar-refractivity contribution in [3.8, 4) is 17.0 Å². The van der Waals surface area contributed by atoms with Crippen LogP contribution in [0.3, 0.4) is 0 Å². The number of anilines is 1. The highest BCUT2D eigenvalue weighted by Crippen LogP contribution is 2.32. The topological polar surface area (TPSA) is 89.6 Å². The Morgan fingerprint density at radius 2 is 1.65 bits per heavy atom. The lowest BCUT2D eigenvalue weighted by Gasteiger charge is -2.13. The molecule has 0 fully saturated rings. The number of hydrogen-bond donors (Lipinski definition) is 2. The van der Waals surface area contributed by atoms with Gasteiger partial charge in [-0.15, -0.1) is 0 Å². The van der Waals surface area contributed by atoms with Gasteiger partial charge in [-0.1, -0.05) is 60.7 Å². The van der Waals surface area contributed by atoms with Crippen LogP contribution in [0.15, 0.2) is 84.9 Å². The summed E-state index contributed by atoms with van der Waals surface area (Å²) in [5.41, 5.74) is 3.90. The molecule has 2 amide bonds. The van der Waals surface area contributed by atoms with Gasteiger partial charge < -0.3 is 20.1 Å². The van der Waals surface area contributed by atoms with E-state index in [0.29, 0.717) is 34.6 Å². The summed E-state index contributed by atoms with van der Waals surface area (Å²) in [5.74, 6) is 0.0218. The molecule has 0 bridgehead atoms. The Hall–Kier alpha value is -4.39. The van der Waals surface area contributed by atoms with Crippen molar-refractivity contribution in [2.45, 2.75) is 13.5 Å². The molecule has 1 heterocycles. The number of carbonyl (C=O) groups is 2. The standard InChI is InChI=1S/C27H25N3O4/c1-2-33-26(31)18-34-25-16-24(20-11-7-4-8-12-20)30-23-14-13-21(15-22(23)25)29-27(32)28-17-19-9-5-3-6-10-19/h3-16H,2,17-18H2,1H3,(H2,28,29,32). The van der Waals surface area contributed by atoms with Crippen LogP contribution in [0, 0.1) is 0 Å². The van der Waals surface area contributed by atoms with E-state index < -0.39 is 5.97 Å². The third-order valence-corrected chi connectivity index (χ3v) is 5.04. The predicted octanol–water partition coefficient (Wildman–Crippen LogP) is 5.17. The van der Waals surface area contributed by atoms with E-state index in [1.807, 2.05) is 66.7 Å². The molecule has 172 valence electrons. The number of ether oxygens (including phenoxy) is 2. The number of nitrogens with one attached hydrogen (secondary N) is 2. The van der Waals surface area contributed by atoms with Gasteiger partial charge in [0, 0.05) is 29.2 Å². The number of hydrogen-bond acceptors (Lipinski definition) is 5.